The fourth-order valence-corrected chi connectivity index (χ4v) is 1.45. The van der Waals surface area contributed by atoms with E-state index in [1.54, 1.807) is 12.1 Å². The Hall–Kier alpha value is -1.06. The lowest BCUT2D eigenvalue weighted by Gasteiger charge is -2.26. The molecular weight excluding hydrogens is 236 g/mol. The molecule has 94 valence electrons. The minimum absolute atomic E-state index is 0.0855. The quantitative estimate of drug-likeness (QED) is 0.871. The van der Waals surface area contributed by atoms with Gasteiger partial charge in [0, 0.05) is 12.5 Å². The van der Waals surface area contributed by atoms with Crippen molar-refractivity contribution in [2.45, 2.75) is 33.2 Å². The van der Waals surface area contributed by atoms with E-state index in [9.17, 15) is 4.79 Å². The van der Waals surface area contributed by atoms with E-state index in [2.05, 4.69) is 5.32 Å². The molecule has 0 aromatic heterocycles. The van der Waals surface area contributed by atoms with Crippen LogP contribution in [0.4, 0.5) is 5.69 Å². The number of carbonyl (C=O) groups excluding carboxylic acids is 1. The first-order valence-electron chi connectivity index (χ1n) is 5.60. The minimum Gasteiger partial charge on any atom is -0.327 e. The summed E-state index contributed by atoms with van der Waals surface area (Å²) < 4.78 is 0. The molecule has 0 saturated carbocycles. The van der Waals surface area contributed by atoms with Crippen molar-refractivity contribution in [3.05, 3.63) is 29.3 Å². The fourth-order valence-electron chi connectivity index (χ4n) is 1.27. The van der Waals surface area contributed by atoms with Crippen LogP contribution in [0, 0.1) is 5.41 Å². The third-order valence-electron chi connectivity index (χ3n) is 2.67. The number of hydrogen-bond acceptors (Lipinski definition) is 2. The van der Waals surface area contributed by atoms with E-state index in [1.807, 2.05) is 32.9 Å². The molecule has 0 radical (unpaired) electrons. The highest BCUT2D eigenvalue weighted by Gasteiger charge is 2.23. The number of carbonyl (C=O) groups is 1. The molecule has 1 atom stereocenters. The van der Waals surface area contributed by atoms with E-state index < -0.39 is 0 Å². The number of anilines is 1. The SMILES string of the molecule is CC(C)(C)C(N)CC(=O)Nc1ccccc1Cl. The van der Waals surface area contributed by atoms with Crippen molar-refractivity contribution in [2.75, 3.05) is 5.32 Å². The summed E-state index contributed by atoms with van der Waals surface area (Å²) in [6, 6.07) is 6.97. The highest BCUT2D eigenvalue weighted by molar-refractivity contribution is 6.33. The number of para-hydroxylation sites is 1. The number of benzene rings is 1. The van der Waals surface area contributed by atoms with Crippen LogP contribution in [0.1, 0.15) is 27.2 Å². The van der Waals surface area contributed by atoms with Crippen LogP contribution in [-0.4, -0.2) is 11.9 Å². The Balaban J connectivity index is 2.60. The molecular formula is C13H19ClN2O. The minimum atomic E-state index is -0.176. The number of halogens is 1. The van der Waals surface area contributed by atoms with Crippen molar-refractivity contribution in [1.82, 2.24) is 0 Å². The molecule has 1 aromatic rings. The lowest BCUT2D eigenvalue weighted by Crippen LogP contribution is -2.38. The van der Waals surface area contributed by atoms with Crippen LogP contribution >= 0.6 is 11.6 Å². The van der Waals surface area contributed by atoms with Crippen LogP contribution < -0.4 is 11.1 Å². The van der Waals surface area contributed by atoms with Crippen molar-refractivity contribution in [2.24, 2.45) is 11.1 Å². The van der Waals surface area contributed by atoms with Crippen molar-refractivity contribution in [1.29, 1.82) is 0 Å². The second kappa shape index (κ2) is 5.52. The Morgan fingerprint density at radius 2 is 2.00 bits per heavy atom. The van der Waals surface area contributed by atoms with Crippen LogP contribution in [0.15, 0.2) is 24.3 Å². The van der Waals surface area contributed by atoms with Gasteiger partial charge >= 0.3 is 0 Å². The molecule has 0 aliphatic rings. The summed E-state index contributed by atoms with van der Waals surface area (Å²) in [6.45, 7) is 6.04. The van der Waals surface area contributed by atoms with E-state index in [0.29, 0.717) is 10.7 Å². The van der Waals surface area contributed by atoms with Crippen LogP contribution in [0.5, 0.6) is 0 Å². The molecule has 0 aliphatic carbocycles. The monoisotopic (exact) mass is 254 g/mol. The molecule has 1 rings (SSSR count). The Kier molecular flexibility index (Phi) is 4.54. The van der Waals surface area contributed by atoms with Gasteiger partial charge in [-0.3, -0.25) is 4.79 Å². The second-order valence-electron chi connectivity index (χ2n) is 5.20. The van der Waals surface area contributed by atoms with Gasteiger partial charge in [-0.25, -0.2) is 0 Å². The zero-order chi connectivity index (χ0) is 13.1. The van der Waals surface area contributed by atoms with Crippen molar-refractivity contribution in [3.63, 3.8) is 0 Å². The van der Waals surface area contributed by atoms with Crippen molar-refractivity contribution < 1.29 is 4.79 Å². The smallest absolute Gasteiger partial charge is 0.225 e. The normalized spacial score (nSPS) is 13.2. The lowest BCUT2D eigenvalue weighted by molar-refractivity contribution is -0.117. The molecule has 4 heteroatoms. The molecule has 0 heterocycles. The van der Waals surface area contributed by atoms with Gasteiger partial charge in [-0.15, -0.1) is 0 Å². The maximum absolute atomic E-state index is 11.8. The summed E-state index contributed by atoms with van der Waals surface area (Å²) in [5, 5.41) is 3.29. The number of hydrogen-bond donors (Lipinski definition) is 2. The van der Waals surface area contributed by atoms with E-state index >= 15 is 0 Å². The maximum atomic E-state index is 11.8. The Morgan fingerprint density at radius 3 is 2.53 bits per heavy atom. The zero-order valence-electron chi connectivity index (χ0n) is 10.5. The first kappa shape index (κ1) is 14.0. The molecule has 0 aliphatic heterocycles. The standard InChI is InChI=1S/C13H19ClN2O/c1-13(2,3)11(15)8-12(17)16-10-7-5-4-6-9(10)14/h4-7,11H,8,15H2,1-3H3,(H,16,17). The van der Waals surface area contributed by atoms with Gasteiger partial charge in [0.2, 0.25) is 5.91 Å². The highest BCUT2D eigenvalue weighted by Crippen LogP contribution is 2.23. The summed E-state index contributed by atoms with van der Waals surface area (Å²) in [4.78, 5) is 11.8. The average molecular weight is 255 g/mol. The fraction of sp³-hybridized carbons (Fsp3) is 0.462. The number of rotatable bonds is 3. The summed E-state index contributed by atoms with van der Waals surface area (Å²) in [6.07, 6.45) is 0.286. The van der Waals surface area contributed by atoms with Crippen LogP contribution in [0.3, 0.4) is 0 Å². The summed E-state index contributed by atoms with van der Waals surface area (Å²) in [5.41, 5.74) is 6.49. The topological polar surface area (TPSA) is 55.1 Å². The van der Waals surface area contributed by atoms with Crippen LogP contribution in [0.2, 0.25) is 5.02 Å². The van der Waals surface area contributed by atoms with Gasteiger partial charge < -0.3 is 11.1 Å². The third-order valence-corrected chi connectivity index (χ3v) is 3.00. The van der Waals surface area contributed by atoms with Crippen LogP contribution in [-0.2, 0) is 4.79 Å². The first-order chi connectivity index (χ1) is 7.80. The van der Waals surface area contributed by atoms with Crippen molar-refractivity contribution in [3.8, 4) is 0 Å². The zero-order valence-corrected chi connectivity index (χ0v) is 11.2. The summed E-state index contributed by atoms with van der Waals surface area (Å²) in [7, 11) is 0. The predicted octanol–water partition coefficient (Wildman–Crippen LogP) is 3.04. The molecule has 1 amide bonds. The van der Waals surface area contributed by atoms with Gasteiger partial charge in [-0.05, 0) is 17.5 Å². The molecule has 0 fully saturated rings. The largest absolute Gasteiger partial charge is 0.327 e. The van der Waals surface area contributed by atoms with Gasteiger partial charge in [0.05, 0.1) is 10.7 Å². The van der Waals surface area contributed by atoms with Gasteiger partial charge in [-0.2, -0.15) is 0 Å². The molecule has 1 aromatic carbocycles. The molecule has 0 spiro atoms. The summed E-state index contributed by atoms with van der Waals surface area (Å²) >= 11 is 5.95. The highest BCUT2D eigenvalue weighted by atomic mass is 35.5. The average Bonchev–Trinajstić information content (AvgIpc) is 2.20. The molecule has 17 heavy (non-hydrogen) atoms. The second-order valence-corrected chi connectivity index (χ2v) is 5.61. The third kappa shape index (κ3) is 4.36. The van der Waals surface area contributed by atoms with E-state index in [4.69, 9.17) is 17.3 Å². The first-order valence-corrected chi connectivity index (χ1v) is 5.98. The Bertz CT molecular complexity index is 399. The predicted molar refractivity (Wildman–Crippen MR) is 72.1 cm³/mol. The number of nitrogens with one attached hydrogen (secondary N) is 1. The van der Waals surface area contributed by atoms with Gasteiger partial charge in [0.1, 0.15) is 0 Å². The van der Waals surface area contributed by atoms with Crippen molar-refractivity contribution >= 4 is 23.2 Å². The molecule has 1 unspecified atom stereocenters. The number of amides is 1. The van der Waals surface area contributed by atoms with Gasteiger partial charge in [0.15, 0.2) is 0 Å². The molecule has 3 N–H and O–H groups in total. The van der Waals surface area contributed by atoms with Gasteiger partial charge in [-0.1, -0.05) is 44.5 Å². The molecule has 3 nitrogen and oxygen atoms in total. The number of nitrogens with two attached hydrogens (primary N) is 1. The summed E-state index contributed by atoms with van der Waals surface area (Å²) in [5.74, 6) is -0.111. The van der Waals surface area contributed by atoms with Gasteiger partial charge in [0.25, 0.3) is 0 Å². The van der Waals surface area contributed by atoms with Crippen LogP contribution in [0.25, 0.3) is 0 Å². The van der Waals surface area contributed by atoms with E-state index in [1.165, 1.54) is 0 Å². The molecule has 0 saturated heterocycles. The van der Waals surface area contributed by atoms with E-state index in [-0.39, 0.29) is 23.8 Å². The maximum Gasteiger partial charge on any atom is 0.225 e. The van der Waals surface area contributed by atoms with E-state index in [0.717, 1.165) is 0 Å². The molecule has 0 bridgehead atoms. The Labute approximate surface area is 107 Å². The lowest BCUT2D eigenvalue weighted by atomic mass is 9.85. The Morgan fingerprint density at radius 1 is 1.41 bits per heavy atom.